The van der Waals surface area contributed by atoms with Gasteiger partial charge in [0, 0.05) is 6.42 Å². The van der Waals surface area contributed by atoms with Crippen molar-refractivity contribution in [3.63, 3.8) is 0 Å². The Balaban J connectivity index is 1.98. The van der Waals surface area contributed by atoms with Gasteiger partial charge < -0.3 is 9.94 Å². The van der Waals surface area contributed by atoms with Gasteiger partial charge in [-0.1, -0.05) is 5.16 Å². The van der Waals surface area contributed by atoms with E-state index in [1.807, 2.05) is 0 Å². The highest BCUT2D eigenvalue weighted by Crippen LogP contribution is 2.41. The summed E-state index contributed by atoms with van der Waals surface area (Å²) in [5.74, 6) is 0. The van der Waals surface area contributed by atoms with Crippen LogP contribution in [0.4, 0.5) is 0 Å². The third-order valence-electron chi connectivity index (χ3n) is 2.34. The maximum Gasteiger partial charge on any atom is 0.143 e. The van der Waals surface area contributed by atoms with Gasteiger partial charge in [0.1, 0.15) is 5.60 Å². The Bertz CT molecular complexity index is 172. The van der Waals surface area contributed by atoms with Crippen LogP contribution in [-0.4, -0.2) is 23.0 Å². The average molecular weight is 141 g/mol. The zero-order valence-electron chi connectivity index (χ0n) is 5.84. The molecule has 0 atom stereocenters. The van der Waals surface area contributed by atoms with E-state index in [9.17, 15) is 0 Å². The fraction of sp³-hybridized carbons (Fsp3) is 0.857. The third-order valence-corrected chi connectivity index (χ3v) is 2.34. The first-order valence-electron chi connectivity index (χ1n) is 3.69. The van der Waals surface area contributed by atoms with Crippen LogP contribution in [-0.2, 0) is 4.84 Å². The lowest BCUT2D eigenvalue weighted by molar-refractivity contribution is -0.0755. The van der Waals surface area contributed by atoms with Crippen LogP contribution in [0.15, 0.2) is 5.16 Å². The minimum atomic E-state index is 0.0259. The average Bonchev–Trinajstić information content (AvgIpc) is 2.29. The van der Waals surface area contributed by atoms with Crippen molar-refractivity contribution in [3.8, 4) is 0 Å². The maximum atomic E-state index is 8.71. The topological polar surface area (TPSA) is 41.8 Å². The van der Waals surface area contributed by atoms with Crippen molar-refractivity contribution in [1.82, 2.24) is 0 Å². The highest BCUT2D eigenvalue weighted by atomic mass is 16.7. The van der Waals surface area contributed by atoms with Gasteiger partial charge in [-0.3, -0.25) is 0 Å². The van der Waals surface area contributed by atoms with Gasteiger partial charge >= 0.3 is 0 Å². The molecule has 0 radical (unpaired) electrons. The van der Waals surface area contributed by atoms with Crippen molar-refractivity contribution in [2.45, 2.75) is 31.3 Å². The minimum absolute atomic E-state index is 0.0259. The second-order valence-electron chi connectivity index (χ2n) is 3.12. The van der Waals surface area contributed by atoms with E-state index in [0.717, 1.165) is 25.0 Å². The Morgan fingerprint density at radius 3 is 2.70 bits per heavy atom. The summed E-state index contributed by atoms with van der Waals surface area (Å²) in [5.41, 5.74) is 0.831. The lowest BCUT2D eigenvalue weighted by atomic mass is 9.77. The van der Waals surface area contributed by atoms with Crippen molar-refractivity contribution >= 4 is 5.71 Å². The highest BCUT2D eigenvalue weighted by Gasteiger charge is 2.44. The van der Waals surface area contributed by atoms with Crippen LogP contribution in [0.5, 0.6) is 0 Å². The molecule has 1 aliphatic carbocycles. The number of nitrogens with zero attached hydrogens (tertiary/aromatic N) is 1. The van der Waals surface area contributed by atoms with Crippen LogP contribution >= 0.6 is 0 Å². The van der Waals surface area contributed by atoms with Crippen molar-refractivity contribution < 1.29 is 9.94 Å². The predicted molar refractivity (Wildman–Crippen MR) is 36.8 cm³/mol. The Labute approximate surface area is 59.7 Å². The summed E-state index contributed by atoms with van der Waals surface area (Å²) >= 11 is 0. The molecule has 1 heterocycles. The maximum absolute atomic E-state index is 8.71. The van der Waals surface area contributed by atoms with E-state index in [-0.39, 0.29) is 12.2 Å². The molecule has 1 N–H and O–H groups in total. The smallest absolute Gasteiger partial charge is 0.143 e. The van der Waals surface area contributed by atoms with E-state index in [1.165, 1.54) is 6.42 Å². The molecule has 3 heteroatoms. The van der Waals surface area contributed by atoms with Gasteiger partial charge in [0.2, 0.25) is 0 Å². The van der Waals surface area contributed by atoms with E-state index in [0.29, 0.717) is 0 Å². The van der Waals surface area contributed by atoms with Crippen molar-refractivity contribution in [1.29, 1.82) is 0 Å². The fourth-order valence-electron chi connectivity index (χ4n) is 1.52. The van der Waals surface area contributed by atoms with Gasteiger partial charge in [-0.25, -0.2) is 0 Å². The largest absolute Gasteiger partial charge is 0.390 e. The van der Waals surface area contributed by atoms with E-state index in [1.54, 1.807) is 0 Å². The van der Waals surface area contributed by atoms with E-state index in [2.05, 4.69) is 5.16 Å². The molecule has 3 nitrogen and oxygen atoms in total. The molecular formula is C7H11NO2. The van der Waals surface area contributed by atoms with E-state index in [4.69, 9.17) is 9.94 Å². The molecule has 0 saturated heterocycles. The summed E-state index contributed by atoms with van der Waals surface area (Å²) < 4.78 is 0. The number of aliphatic hydroxyl groups excluding tert-OH is 1. The SMILES string of the molecule is OCC1=NOC2(CCC2)C1. The molecule has 0 unspecified atom stereocenters. The van der Waals surface area contributed by atoms with Crippen molar-refractivity contribution in [2.24, 2.45) is 5.16 Å². The van der Waals surface area contributed by atoms with Gasteiger partial charge in [-0.05, 0) is 19.3 Å². The first-order chi connectivity index (χ1) is 4.85. The predicted octanol–water partition coefficient (Wildman–Crippen LogP) is 0.678. The van der Waals surface area contributed by atoms with Crippen LogP contribution in [0.3, 0.4) is 0 Å². The molecule has 0 aromatic heterocycles. The van der Waals surface area contributed by atoms with Gasteiger partial charge in [0.15, 0.2) is 0 Å². The molecule has 0 amide bonds. The van der Waals surface area contributed by atoms with E-state index < -0.39 is 0 Å². The second-order valence-corrected chi connectivity index (χ2v) is 3.12. The Hall–Kier alpha value is -0.570. The Kier molecular flexibility index (Phi) is 1.20. The van der Waals surface area contributed by atoms with Crippen LogP contribution in [0.1, 0.15) is 25.7 Å². The molecule has 0 bridgehead atoms. The summed E-state index contributed by atoms with van der Waals surface area (Å²) in [7, 11) is 0. The molecular weight excluding hydrogens is 130 g/mol. The number of hydrogen-bond acceptors (Lipinski definition) is 3. The zero-order chi connectivity index (χ0) is 7.03. The number of aliphatic hydroxyl groups is 1. The van der Waals surface area contributed by atoms with E-state index >= 15 is 0 Å². The summed E-state index contributed by atoms with van der Waals surface area (Å²) in [6.45, 7) is 0.0573. The van der Waals surface area contributed by atoms with Crippen molar-refractivity contribution in [3.05, 3.63) is 0 Å². The Morgan fingerprint density at radius 2 is 2.40 bits per heavy atom. The summed E-state index contributed by atoms with van der Waals surface area (Å²) in [6, 6.07) is 0. The standard InChI is InChI=1S/C7H11NO2/c9-5-6-4-7(10-8-6)2-1-3-7/h9H,1-5H2. The molecule has 1 spiro atoms. The van der Waals surface area contributed by atoms with Crippen molar-refractivity contribution in [2.75, 3.05) is 6.61 Å². The minimum Gasteiger partial charge on any atom is -0.390 e. The number of hydrogen-bond donors (Lipinski definition) is 1. The Morgan fingerprint density at radius 1 is 1.60 bits per heavy atom. The molecule has 1 saturated carbocycles. The molecule has 1 fully saturated rings. The lowest BCUT2D eigenvalue weighted by Gasteiger charge is -2.34. The fourth-order valence-corrected chi connectivity index (χ4v) is 1.52. The molecule has 0 aromatic rings. The van der Waals surface area contributed by atoms with Gasteiger partial charge in [-0.15, -0.1) is 0 Å². The van der Waals surface area contributed by atoms with Crippen LogP contribution < -0.4 is 0 Å². The molecule has 2 rings (SSSR count). The molecule has 2 aliphatic rings. The van der Waals surface area contributed by atoms with Crippen LogP contribution in [0.2, 0.25) is 0 Å². The third kappa shape index (κ3) is 0.736. The monoisotopic (exact) mass is 141 g/mol. The number of rotatable bonds is 1. The van der Waals surface area contributed by atoms with Gasteiger partial charge in [0.05, 0.1) is 12.3 Å². The van der Waals surface area contributed by atoms with Crippen LogP contribution in [0, 0.1) is 0 Å². The summed E-state index contributed by atoms with van der Waals surface area (Å²) in [6.07, 6.45) is 4.32. The van der Waals surface area contributed by atoms with Gasteiger partial charge in [-0.2, -0.15) is 0 Å². The molecule has 0 aromatic carbocycles. The molecule has 56 valence electrons. The van der Waals surface area contributed by atoms with Crippen LogP contribution in [0.25, 0.3) is 0 Å². The van der Waals surface area contributed by atoms with Gasteiger partial charge in [0.25, 0.3) is 0 Å². The normalized spacial score (nSPS) is 27.5. The highest BCUT2D eigenvalue weighted by molar-refractivity contribution is 5.87. The zero-order valence-corrected chi connectivity index (χ0v) is 5.84. The molecule has 10 heavy (non-hydrogen) atoms. The molecule has 1 aliphatic heterocycles. The second kappa shape index (κ2) is 1.95. The summed E-state index contributed by atoms with van der Waals surface area (Å²) in [4.78, 5) is 5.21. The lowest BCUT2D eigenvalue weighted by Crippen LogP contribution is -2.37. The summed E-state index contributed by atoms with van der Waals surface area (Å²) in [5, 5.41) is 12.5. The first-order valence-corrected chi connectivity index (χ1v) is 3.69. The first kappa shape index (κ1) is 6.16. The quantitative estimate of drug-likeness (QED) is 0.583. The number of oxime groups is 1.